The molecule has 1 aromatic carbocycles. The summed E-state index contributed by atoms with van der Waals surface area (Å²) >= 11 is 0. The van der Waals surface area contributed by atoms with Crippen LogP contribution in [0.15, 0.2) is 12.1 Å². The molecule has 0 saturated heterocycles. The first-order valence-corrected chi connectivity index (χ1v) is 4.44. The Morgan fingerprint density at radius 3 is 2.64 bits per heavy atom. The topological polar surface area (TPSA) is 46.2 Å². The van der Waals surface area contributed by atoms with Gasteiger partial charge >= 0.3 is 0 Å². The lowest BCUT2D eigenvalue weighted by atomic mass is 9.96. The monoisotopic (exact) mass is 201 g/mol. The van der Waals surface area contributed by atoms with Crippen LogP contribution in [0.2, 0.25) is 0 Å². The first-order chi connectivity index (χ1) is 6.57. The molecule has 0 aromatic heterocycles. The highest BCUT2D eigenvalue weighted by Gasteiger charge is 2.18. The van der Waals surface area contributed by atoms with Gasteiger partial charge in [-0.15, -0.1) is 0 Å². The van der Waals surface area contributed by atoms with Gasteiger partial charge in [0, 0.05) is 5.56 Å². The van der Waals surface area contributed by atoms with Crippen molar-refractivity contribution in [3.05, 3.63) is 29.3 Å². The molecule has 0 amide bonds. The Morgan fingerprint density at radius 2 is 2.07 bits per heavy atom. The van der Waals surface area contributed by atoms with Crippen LogP contribution in [0, 0.1) is 11.6 Å². The van der Waals surface area contributed by atoms with E-state index in [0.717, 1.165) is 12.1 Å². The fraction of sp³-hybridized carbons (Fsp3) is 0.400. The third-order valence-corrected chi connectivity index (χ3v) is 2.20. The van der Waals surface area contributed by atoms with E-state index in [4.69, 9.17) is 10.8 Å². The number of hydrogen-bond donors (Lipinski definition) is 2. The van der Waals surface area contributed by atoms with Crippen LogP contribution in [0.5, 0.6) is 5.75 Å². The maximum atomic E-state index is 13.3. The number of nitrogens with two attached hydrogens (primary N) is 1. The zero-order chi connectivity index (χ0) is 10.7. The van der Waals surface area contributed by atoms with E-state index >= 15 is 0 Å². The Morgan fingerprint density at radius 1 is 1.43 bits per heavy atom. The number of halogens is 2. The summed E-state index contributed by atoms with van der Waals surface area (Å²) in [5.74, 6) is -2.37. The fourth-order valence-electron chi connectivity index (χ4n) is 1.40. The van der Waals surface area contributed by atoms with Crippen molar-refractivity contribution in [3.8, 4) is 5.75 Å². The predicted octanol–water partition coefficient (Wildman–Crippen LogP) is 2.12. The predicted molar refractivity (Wildman–Crippen MR) is 50.1 cm³/mol. The molecule has 0 saturated carbocycles. The Kier molecular flexibility index (Phi) is 3.41. The van der Waals surface area contributed by atoms with Gasteiger partial charge in [0.05, 0.1) is 0 Å². The van der Waals surface area contributed by atoms with Crippen LogP contribution in [-0.2, 0) is 0 Å². The van der Waals surface area contributed by atoms with Gasteiger partial charge in [0.15, 0.2) is 11.6 Å². The van der Waals surface area contributed by atoms with Crippen molar-refractivity contribution in [1.82, 2.24) is 0 Å². The Balaban J connectivity index is 3.11. The lowest BCUT2D eigenvalue weighted by Gasteiger charge is -2.13. The van der Waals surface area contributed by atoms with Crippen LogP contribution < -0.4 is 5.73 Å². The van der Waals surface area contributed by atoms with Gasteiger partial charge < -0.3 is 10.8 Å². The van der Waals surface area contributed by atoms with Crippen molar-refractivity contribution in [2.45, 2.75) is 19.3 Å². The van der Waals surface area contributed by atoms with Crippen molar-refractivity contribution in [1.29, 1.82) is 0 Å². The van der Waals surface area contributed by atoms with Gasteiger partial charge in [-0.3, -0.25) is 0 Å². The summed E-state index contributed by atoms with van der Waals surface area (Å²) in [4.78, 5) is 0. The molecule has 0 aliphatic rings. The number of aromatic hydroxyl groups is 1. The first kappa shape index (κ1) is 10.9. The van der Waals surface area contributed by atoms with E-state index in [1.54, 1.807) is 6.92 Å². The number of benzene rings is 1. The van der Waals surface area contributed by atoms with Crippen LogP contribution in [0.3, 0.4) is 0 Å². The quantitative estimate of drug-likeness (QED) is 0.786. The second kappa shape index (κ2) is 4.37. The molecule has 1 aromatic rings. The van der Waals surface area contributed by atoms with Gasteiger partial charge in [-0.05, 0) is 31.0 Å². The summed E-state index contributed by atoms with van der Waals surface area (Å²) in [7, 11) is 0. The molecule has 14 heavy (non-hydrogen) atoms. The standard InChI is InChI=1S/C10H13F2NO/c1-6(4-5-13)9-7(11)2-3-8(14)10(9)12/h2-3,6,14H,4-5,13H2,1H3. The number of rotatable bonds is 3. The SMILES string of the molecule is CC(CCN)c1c(F)ccc(O)c1F. The van der Waals surface area contributed by atoms with Gasteiger partial charge in [0.2, 0.25) is 0 Å². The highest BCUT2D eigenvalue weighted by atomic mass is 19.1. The molecule has 0 radical (unpaired) electrons. The Bertz CT molecular complexity index is 328. The molecular formula is C10H13F2NO. The number of hydrogen-bond acceptors (Lipinski definition) is 2. The van der Waals surface area contributed by atoms with E-state index in [-0.39, 0.29) is 11.5 Å². The zero-order valence-corrected chi connectivity index (χ0v) is 7.93. The van der Waals surface area contributed by atoms with Gasteiger partial charge in [0.1, 0.15) is 5.82 Å². The minimum Gasteiger partial charge on any atom is -0.505 e. The van der Waals surface area contributed by atoms with E-state index in [1.165, 1.54) is 0 Å². The van der Waals surface area contributed by atoms with E-state index < -0.39 is 17.4 Å². The smallest absolute Gasteiger partial charge is 0.171 e. The van der Waals surface area contributed by atoms with Crippen LogP contribution in [0.4, 0.5) is 8.78 Å². The van der Waals surface area contributed by atoms with E-state index in [1.807, 2.05) is 0 Å². The van der Waals surface area contributed by atoms with Crippen molar-refractivity contribution in [2.75, 3.05) is 6.54 Å². The highest BCUT2D eigenvalue weighted by Crippen LogP contribution is 2.29. The normalized spacial score (nSPS) is 12.9. The van der Waals surface area contributed by atoms with E-state index in [9.17, 15) is 8.78 Å². The molecule has 1 atom stereocenters. The van der Waals surface area contributed by atoms with Crippen molar-refractivity contribution in [3.63, 3.8) is 0 Å². The van der Waals surface area contributed by atoms with Crippen molar-refractivity contribution >= 4 is 0 Å². The summed E-state index contributed by atoms with van der Waals surface area (Å²) in [6, 6.07) is 2.06. The average molecular weight is 201 g/mol. The Labute approximate surface area is 81.4 Å². The molecule has 3 N–H and O–H groups in total. The molecule has 0 aliphatic heterocycles. The summed E-state index contributed by atoms with van der Waals surface area (Å²) in [6.45, 7) is 2.03. The van der Waals surface area contributed by atoms with Gasteiger partial charge in [-0.1, -0.05) is 6.92 Å². The molecule has 0 bridgehead atoms. The van der Waals surface area contributed by atoms with Crippen LogP contribution in [-0.4, -0.2) is 11.7 Å². The summed E-state index contributed by atoms with van der Waals surface area (Å²) in [5, 5.41) is 9.07. The van der Waals surface area contributed by atoms with Crippen LogP contribution in [0.25, 0.3) is 0 Å². The molecule has 2 nitrogen and oxygen atoms in total. The van der Waals surface area contributed by atoms with Gasteiger partial charge in [-0.2, -0.15) is 0 Å². The number of phenolic OH excluding ortho intramolecular Hbond substituents is 1. The Hall–Kier alpha value is -1.16. The molecule has 1 rings (SSSR count). The van der Waals surface area contributed by atoms with E-state index in [2.05, 4.69) is 0 Å². The van der Waals surface area contributed by atoms with Gasteiger partial charge in [-0.25, -0.2) is 8.78 Å². The van der Waals surface area contributed by atoms with Gasteiger partial charge in [0.25, 0.3) is 0 Å². The van der Waals surface area contributed by atoms with Crippen LogP contribution >= 0.6 is 0 Å². The number of phenols is 1. The lowest BCUT2D eigenvalue weighted by molar-refractivity contribution is 0.416. The minimum atomic E-state index is -0.883. The summed E-state index contributed by atoms with van der Waals surface area (Å²) in [5.41, 5.74) is 5.21. The fourth-order valence-corrected chi connectivity index (χ4v) is 1.40. The summed E-state index contributed by atoms with van der Waals surface area (Å²) < 4.78 is 26.5. The summed E-state index contributed by atoms with van der Waals surface area (Å²) in [6.07, 6.45) is 0.483. The van der Waals surface area contributed by atoms with Crippen molar-refractivity contribution in [2.24, 2.45) is 5.73 Å². The molecule has 0 fully saturated rings. The van der Waals surface area contributed by atoms with Crippen molar-refractivity contribution < 1.29 is 13.9 Å². The van der Waals surface area contributed by atoms with E-state index in [0.29, 0.717) is 13.0 Å². The minimum absolute atomic E-state index is 0.0875. The molecule has 1 unspecified atom stereocenters. The first-order valence-electron chi connectivity index (χ1n) is 4.44. The third kappa shape index (κ3) is 2.01. The average Bonchev–Trinajstić information content (AvgIpc) is 2.13. The highest BCUT2D eigenvalue weighted by molar-refractivity contribution is 5.33. The molecule has 4 heteroatoms. The molecular weight excluding hydrogens is 188 g/mol. The lowest BCUT2D eigenvalue weighted by Crippen LogP contribution is -2.08. The molecule has 0 aliphatic carbocycles. The van der Waals surface area contributed by atoms with Crippen LogP contribution in [0.1, 0.15) is 24.8 Å². The molecule has 78 valence electrons. The molecule has 0 spiro atoms. The largest absolute Gasteiger partial charge is 0.505 e. The molecule has 0 heterocycles. The second-order valence-electron chi connectivity index (χ2n) is 3.27. The maximum absolute atomic E-state index is 13.3. The third-order valence-electron chi connectivity index (χ3n) is 2.20. The second-order valence-corrected chi connectivity index (χ2v) is 3.27. The zero-order valence-electron chi connectivity index (χ0n) is 7.93. The maximum Gasteiger partial charge on any atom is 0.171 e.